The van der Waals surface area contributed by atoms with E-state index in [1.165, 1.54) is 0 Å². The van der Waals surface area contributed by atoms with Crippen molar-refractivity contribution in [2.24, 2.45) is 0 Å². The molecule has 1 aromatic carbocycles. The van der Waals surface area contributed by atoms with Crippen LogP contribution in [-0.4, -0.2) is 50.6 Å². The Kier molecular flexibility index (Phi) is 5.49. The Morgan fingerprint density at radius 1 is 1.06 bits per heavy atom. The van der Waals surface area contributed by atoms with Gasteiger partial charge >= 0.3 is 0 Å². The maximum absolute atomic E-state index is 13.1. The highest BCUT2D eigenvalue weighted by Gasteiger charge is 2.23. The fourth-order valence-corrected chi connectivity index (χ4v) is 4.24. The Bertz CT molecular complexity index is 1280. The number of aromatic nitrogens is 4. The number of fused-ring (bicyclic) bond motifs is 1. The molecule has 32 heavy (non-hydrogen) atoms. The standard InChI is InChI=1S/C24H22ClN5O2/c1-32-17-7-5-16(6-8-17)20-13-22(18-9-10-26-15-19(18)25)30-23(27-20)14-21(28-30)24(31)29-11-3-2-4-12-29/h5-10,13-15H,2-4,11-12H2,1H3. The molecule has 162 valence electrons. The van der Waals surface area contributed by atoms with Crippen LogP contribution in [0.15, 0.2) is 54.9 Å². The molecule has 7 nitrogen and oxygen atoms in total. The van der Waals surface area contributed by atoms with E-state index in [0.29, 0.717) is 16.4 Å². The quantitative estimate of drug-likeness (QED) is 0.451. The number of hydrogen-bond donors (Lipinski definition) is 0. The van der Waals surface area contributed by atoms with Crippen molar-refractivity contribution in [1.29, 1.82) is 0 Å². The fourth-order valence-electron chi connectivity index (χ4n) is 4.02. The van der Waals surface area contributed by atoms with Gasteiger partial charge in [-0.25, -0.2) is 9.50 Å². The fraction of sp³-hybridized carbons (Fsp3) is 0.250. The van der Waals surface area contributed by atoms with Gasteiger partial charge in [-0.1, -0.05) is 11.6 Å². The first-order valence-corrected chi connectivity index (χ1v) is 11.0. The summed E-state index contributed by atoms with van der Waals surface area (Å²) in [5, 5.41) is 5.13. The van der Waals surface area contributed by atoms with Crippen LogP contribution in [0.5, 0.6) is 5.75 Å². The van der Waals surface area contributed by atoms with E-state index in [1.807, 2.05) is 41.3 Å². The maximum Gasteiger partial charge on any atom is 0.274 e. The Balaban J connectivity index is 1.66. The summed E-state index contributed by atoms with van der Waals surface area (Å²) >= 11 is 6.47. The normalized spacial score (nSPS) is 14.0. The molecule has 3 aromatic heterocycles. The lowest BCUT2D eigenvalue weighted by Crippen LogP contribution is -2.35. The molecular weight excluding hydrogens is 426 g/mol. The molecule has 0 N–H and O–H groups in total. The van der Waals surface area contributed by atoms with Gasteiger partial charge in [0.1, 0.15) is 5.75 Å². The van der Waals surface area contributed by atoms with E-state index >= 15 is 0 Å². The van der Waals surface area contributed by atoms with Crippen LogP contribution in [0.1, 0.15) is 29.8 Å². The van der Waals surface area contributed by atoms with Crippen LogP contribution in [0.2, 0.25) is 5.02 Å². The minimum atomic E-state index is -0.0621. The third kappa shape index (κ3) is 3.80. The SMILES string of the molecule is COc1ccc(-c2cc(-c3ccncc3Cl)n3nc(C(=O)N4CCCCC4)cc3n2)cc1. The third-order valence-electron chi connectivity index (χ3n) is 5.72. The van der Waals surface area contributed by atoms with Crippen molar-refractivity contribution in [3.8, 4) is 28.3 Å². The lowest BCUT2D eigenvalue weighted by Gasteiger charge is -2.25. The predicted octanol–water partition coefficient (Wildman–Crippen LogP) is 4.75. The van der Waals surface area contributed by atoms with Crippen molar-refractivity contribution in [2.45, 2.75) is 19.3 Å². The van der Waals surface area contributed by atoms with Gasteiger partial charge in [-0.15, -0.1) is 0 Å². The summed E-state index contributed by atoms with van der Waals surface area (Å²) in [7, 11) is 1.63. The number of piperidine rings is 1. The van der Waals surface area contributed by atoms with Gasteiger partial charge in [-0.05, 0) is 55.7 Å². The average molecular weight is 448 g/mol. The number of halogens is 1. The molecule has 0 radical (unpaired) electrons. The number of ether oxygens (including phenoxy) is 1. The number of carbonyl (C=O) groups excluding carboxylic acids is 1. The van der Waals surface area contributed by atoms with Crippen molar-refractivity contribution in [2.75, 3.05) is 20.2 Å². The van der Waals surface area contributed by atoms with Gasteiger partial charge in [0.05, 0.1) is 23.5 Å². The third-order valence-corrected chi connectivity index (χ3v) is 6.02. The van der Waals surface area contributed by atoms with E-state index in [9.17, 15) is 4.79 Å². The Labute approximate surface area is 190 Å². The number of nitrogens with zero attached hydrogens (tertiary/aromatic N) is 5. The van der Waals surface area contributed by atoms with Crippen LogP contribution in [0.25, 0.3) is 28.2 Å². The van der Waals surface area contributed by atoms with E-state index in [-0.39, 0.29) is 5.91 Å². The first-order valence-electron chi connectivity index (χ1n) is 10.6. The van der Waals surface area contributed by atoms with Gasteiger partial charge in [0.2, 0.25) is 0 Å². The second-order valence-electron chi connectivity index (χ2n) is 7.76. The summed E-state index contributed by atoms with van der Waals surface area (Å²) in [4.78, 5) is 23.8. The molecule has 4 aromatic rings. The zero-order valence-corrected chi connectivity index (χ0v) is 18.4. The number of pyridine rings is 1. The van der Waals surface area contributed by atoms with Gasteiger partial charge in [0.15, 0.2) is 11.3 Å². The number of likely N-dealkylation sites (tertiary alicyclic amines) is 1. The Morgan fingerprint density at radius 2 is 1.84 bits per heavy atom. The summed E-state index contributed by atoms with van der Waals surface area (Å²) in [5.41, 5.74) is 4.15. The number of carbonyl (C=O) groups is 1. The van der Waals surface area contributed by atoms with Crippen LogP contribution in [-0.2, 0) is 0 Å². The van der Waals surface area contributed by atoms with E-state index in [2.05, 4.69) is 10.1 Å². The first-order chi connectivity index (χ1) is 15.6. The number of methoxy groups -OCH3 is 1. The van der Waals surface area contributed by atoms with Crippen LogP contribution in [0.4, 0.5) is 0 Å². The predicted molar refractivity (Wildman–Crippen MR) is 123 cm³/mol. The molecular formula is C24H22ClN5O2. The average Bonchev–Trinajstić information content (AvgIpc) is 3.28. The molecule has 8 heteroatoms. The first kappa shape index (κ1) is 20.5. The highest BCUT2D eigenvalue weighted by Crippen LogP contribution is 2.31. The highest BCUT2D eigenvalue weighted by atomic mass is 35.5. The lowest BCUT2D eigenvalue weighted by atomic mass is 10.1. The number of benzene rings is 1. The molecule has 0 unspecified atom stereocenters. The Hall–Kier alpha value is -3.45. The summed E-state index contributed by atoms with van der Waals surface area (Å²) in [6, 6.07) is 13.2. The molecule has 5 rings (SSSR count). The molecule has 0 aliphatic carbocycles. The van der Waals surface area contributed by atoms with E-state index < -0.39 is 0 Å². The van der Waals surface area contributed by atoms with Crippen molar-refractivity contribution < 1.29 is 9.53 Å². The van der Waals surface area contributed by atoms with Crippen LogP contribution in [0.3, 0.4) is 0 Å². The molecule has 1 aliphatic rings. The van der Waals surface area contributed by atoms with E-state index in [1.54, 1.807) is 30.1 Å². The molecule has 0 atom stereocenters. The van der Waals surface area contributed by atoms with Crippen molar-refractivity contribution in [3.05, 3.63) is 65.6 Å². The summed E-state index contributed by atoms with van der Waals surface area (Å²) < 4.78 is 6.96. The molecule has 0 saturated carbocycles. The van der Waals surface area contributed by atoms with Crippen LogP contribution < -0.4 is 4.74 Å². The largest absolute Gasteiger partial charge is 0.497 e. The van der Waals surface area contributed by atoms with Gasteiger partial charge in [0, 0.05) is 42.7 Å². The zero-order chi connectivity index (χ0) is 22.1. The van der Waals surface area contributed by atoms with Gasteiger partial charge in [-0.2, -0.15) is 5.10 Å². The van der Waals surface area contributed by atoms with E-state index in [4.69, 9.17) is 21.3 Å². The molecule has 1 fully saturated rings. The van der Waals surface area contributed by atoms with Crippen LogP contribution in [0, 0.1) is 0 Å². The van der Waals surface area contributed by atoms with Crippen molar-refractivity contribution in [1.82, 2.24) is 24.5 Å². The molecule has 0 spiro atoms. The van der Waals surface area contributed by atoms with Crippen molar-refractivity contribution >= 4 is 23.2 Å². The smallest absolute Gasteiger partial charge is 0.274 e. The highest BCUT2D eigenvalue weighted by molar-refractivity contribution is 6.33. The molecule has 0 bridgehead atoms. The van der Waals surface area contributed by atoms with Gasteiger partial charge in [0.25, 0.3) is 5.91 Å². The molecule has 1 amide bonds. The van der Waals surface area contributed by atoms with Crippen LogP contribution >= 0.6 is 11.6 Å². The minimum Gasteiger partial charge on any atom is -0.497 e. The molecule has 1 aliphatic heterocycles. The topological polar surface area (TPSA) is 72.6 Å². The molecule has 1 saturated heterocycles. The van der Waals surface area contributed by atoms with Gasteiger partial charge in [-0.3, -0.25) is 9.78 Å². The minimum absolute atomic E-state index is 0.0621. The van der Waals surface area contributed by atoms with E-state index in [0.717, 1.165) is 60.6 Å². The summed E-state index contributed by atoms with van der Waals surface area (Å²) in [5.74, 6) is 0.707. The molecule has 4 heterocycles. The van der Waals surface area contributed by atoms with Gasteiger partial charge < -0.3 is 9.64 Å². The zero-order valence-electron chi connectivity index (χ0n) is 17.7. The summed E-state index contributed by atoms with van der Waals surface area (Å²) in [6.45, 7) is 1.53. The number of hydrogen-bond acceptors (Lipinski definition) is 5. The number of rotatable bonds is 4. The van der Waals surface area contributed by atoms with Crippen molar-refractivity contribution in [3.63, 3.8) is 0 Å². The second-order valence-corrected chi connectivity index (χ2v) is 8.17. The maximum atomic E-state index is 13.1. The Morgan fingerprint density at radius 3 is 2.56 bits per heavy atom. The second kappa shape index (κ2) is 8.59. The number of amides is 1. The summed E-state index contributed by atoms with van der Waals surface area (Å²) in [6.07, 6.45) is 6.49. The monoisotopic (exact) mass is 447 g/mol. The lowest BCUT2D eigenvalue weighted by molar-refractivity contribution is 0.0718.